The van der Waals surface area contributed by atoms with Crippen molar-refractivity contribution in [2.45, 2.75) is 25.1 Å². The van der Waals surface area contributed by atoms with Crippen LogP contribution in [0.4, 0.5) is 19.1 Å². The van der Waals surface area contributed by atoms with E-state index < -0.39 is 11.7 Å². The summed E-state index contributed by atoms with van der Waals surface area (Å²) < 4.78 is 39.2. The van der Waals surface area contributed by atoms with Gasteiger partial charge >= 0.3 is 6.18 Å². The predicted octanol–water partition coefficient (Wildman–Crippen LogP) is 3.07. The van der Waals surface area contributed by atoms with E-state index in [1.807, 2.05) is 6.07 Å². The summed E-state index contributed by atoms with van der Waals surface area (Å²) in [5.41, 5.74) is 0.221. The van der Waals surface area contributed by atoms with Gasteiger partial charge in [-0.15, -0.1) is 0 Å². The Balaban J connectivity index is 1.72. The van der Waals surface area contributed by atoms with E-state index in [-0.39, 0.29) is 22.3 Å². The number of hydrogen-bond acceptors (Lipinski definition) is 6. The number of hydrogen-bond donors (Lipinski definition) is 3. The van der Waals surface area contributed by atoms with Crippen molar-refractivity contribution >= 4 is 17.0 Å². The Morgan fingerprint density at radius 3 is 2.86 bits per heavy atom. The molecule has 1 aliphatic heterocycles. The topological polar surface area (TPSA) is 102 Å². The van der Waals surface area contributed by atoms with Crippen LogP contribution in [-0.2, 0) is 6.18 Å². The molecule has 0 aromatic carbocycles. The van der Waals surface area contributed by atoms with E-state index in [9.17, 15) is 18.4 Å². The SMILES string of the molecule is N#Cc1cnc(NC[C@H]2CCCN2)nc1-c1c[nH]c2ncc(C(F)(F)F)cc12. The van der Waals surface area contributed by atoms with Crippen molar-refractivity contribution < 1.29 is 13.2 Å². The molecule has 28 heavy (non-hydrogen) atoms. The number of alkyl halides is 3. The van der Waals surface area contributed by atoms with Crippen molar-refractivity contribution in [1.29, 1.82) is 5.26 Å². The second kappa shape index (κ2) is 7.09. The fourth-order valence-electron chi connectivity index (χ4n) is 3.25. The highest BCUT2D eigenvalue weighted by atomic mass is 19.4. The zero-order chi connectivity index (χ0) is 19.7. The quantitative estimate of drug-likeness (QED) is 0.636. The summed E-state index contributed by atoms with van der Waals surface area (Å²) in [4.78, 5) is 15.2. The van der Waals surface area contributed by atoms with Gasteiger partial charge in [-0.3, -0.25) is 0 Å². The van der Waals surface area contributed by atoms with Crippen LogP contribution in [0.3, 0.4) is 0 Å². The van der Waals surface area contributed by atoms with Crippen LogP contribution in [-0.4, -0.2) is 39.1 Å². The molecule has 0 amide bonds. The number of aromatic amines is 1. The predicted molar refractivity (Wildman–Crippen MR) is 96.4 cm³/mol. The Hall–Kier alpha value is -3.19. The van der Waals surface area contributed by atoms with Gasteiger partial charge in [-0.25, -0.2) is 15.0 Å². The molecule has 4 heterocycles. The number of H-pyrrole nitrogens is 1. The third-order valence-corrected chi connectivity index (χ3v) is 4.69. The maximum absolute atomic E-state index is 13.1. The van der Waals surface area contributed by atoms with Crippen molar-refractivity contribution in [2.75, 3.05) is 18.4 Å². The van der Waals surface area contributed by atoms with Gasteiger partial charge in [0.15, 0.2) is 0 Å². The van der Waals surface area contributed by atoms with Crippen LogP contribution in [0.25, 0.3) is 22.3 Å². The summed E-state index contributed by atoms with van der Waals surface area (Å²) in [6.45, 7) is 1.59. The lowest BCUT2D eigenvalue weighted by Gasteiger charge is -2.12. The highest BCUT2D eigenvalue weighted by Crippen LogP contribution is 2.34. The molecule has 3 N–H and O–H groups in total. The summed E-state index contributed by atoms with van der Waals surface area (Å²) >= 11 is 0. The van der Waals surface area contributed by atoms with E-state index in [0.29, 0.717) is 24.1 Å². The minimum Gasteiger partial charge on any atom is -0.353 e. The summed E-state index contributed by atoms with van der Waals surface area (Å²) in [5, 5.41) is 16.1. The van der Waals surface area contributed by atoms with Gasteiger partial charge in [0.05, 0.1) is 23.0 Å². The first-order chi connectivity index (χ1) is 13.5. The molecule has 10 heteroatoms. The van der Waals surface area contributed by atoms with Crippen LogP contribution in [0.2, 0.25) is 0 Å². The fourth-order valence-corrected chi connectivity index (χ4v) is 3.25. The number of aromatic nitrogens is 4. The molecule has 0 spiro atoms. The summed E-state index contributed by atoms with van der Waals surface area (Å²) in [6, 6.07) is 3.32. The van der Waals surface area contributed by atoms with Crippen molar-refractivity contribution in [2.24, 2.45) is 0 Å². The second-order valence-electron chi connectivity index (χ2n) is 6.56. The van der Waals surface area contributed by atoms with E-state index in [2.05, 4.69) is 30.6 Å². The van der Waals surface area contributed by atoms with E-state index in [0.717, 1.165) is 31.6 Å². The highest BCUT2D eigenvalue weighted by Gasteiger charge is 2.31. The van der Waals surface area contributed by atoms with Crippen LogP contribution < -0.4 is 10.6 Å². The molecular formula is C18H16F3N7. The first-order valence-electron chi connectivity index (χ1n) is 8.75. The highest BCUT2D eigenvalue weighted by molar-refractivity contribution is 5.94. The van der Waals surface area contributed by atoms with Gasteiger partial charge in [-0.2, -0.15) is 18.4 Å². The Bertz CT molecular complexity index is 1050. The van der Waals surface area contributed by atoms with E-state index in [1.165, 1.54) is 12.4 Å². The molecule has 0 bridgehead atoms. The lowest BCUT2D eigenvalue weighted by Crippen LogP contribution is -2.29. The van der Waals surface area contributed by atoms with Crippen molar-refractivity contribution in [3.05, 3.63) is 35.8 Å². The molecule has 0 radical (unpaired) electrons. The zero-order valence-corrected chi connectivity index (χ0v) is 14.6. The van der Waals surface area contributed by atoms with Crippen molar-refractivity contribution in [3.8, 4) is 17.3 Å². The van der Waals surface area contributed by atoms with Crippen LogP contribution in [0.5, 0.6) is 0 Å². The largest absolute Gasteiger partial charge is 0.417 e. The summed E-state index contributed by atoms with van der Waals surface area (Å²) in [7, 11) is 0. The zero-order valence-electron chi connectivity index (χ0n) is 14.6. The van der Waals surface area contributed by atoms with Gasteiger partial charge < -0.3 is 15.6 Å². The van der Waals surface area contributed by atoms with Gasteiger partial charge in [0.25, 0.3) is 0 Å². The lowest BCUT2D eigenvalue weighted by atomic mass is 10.1. The minimum absolute atomic E-state index is 0.169. The van der Waals surface area contributed by atoms with Crippen LogP contribution in [0.15, 0.2) is 24.7 Å². The van der Waals surface area contributed by atoms with E-state index in [1.54, 1.807) is 0 Å². The molecule has 3 aromatic rings. The minimum atomic E-state index is -4.51. The second-order valence-corrected chi connectivity index (χ2v) is 6.56. The summed E-state index contributed by atoms with van der Waals surface area (Å²) in [5.74, 6) is 0.317. The Morgan fingerprint density at radius 1 is 1.29 bits per heavy atom. The number of nitriles is 1. The monoisotopic (exact) mass is 387 g/mol. The average molecular weight is 387 g/mol. The molecule has 0 unspecified atom stereocenters. The first kappa shape index (κ1) is 18.2. The first-order valence-corrected chi connectivity index (χ1v) is 8.75. The van der Waals surface area contributed by atoms with Crippen LogP contribution >= 0.6 is 0 Å². The molecule has 1 aliphatic rings. The Labute approximate surface area is 158 Å². The number of pyridine rings is 1. The maximum Gasteiger partial charge on any atom is 0.417 e. The number of nitrogens with zero attached hydrogens (tertiary/aromatic N) is 4. The Kier molecular flexibility index (Phi) is 4.60. The molecule has 0 saturated carbocycles. The molecule has 1 saturated heterocycles. The third kappa shape index (κ3) is 3.48. The van der Waals surface area contributed by atoms with Gasteiger partial charge in [-0.1, -0.05) is 0 Å². The number of anilines is 1. The standard InChI is InChI=1S/C18H16F3N7/c19-18(20,21)11-4-13-14(9-25-16(13)24-7-11)15-10(5-22)6-26-17(28-15)27-8-12-2-1-3-23-12/h4,6-7,9,12,23H,1-3,8H2,(H,24,25)(H,26,27,28)/t12-/m1/s1. The number of halogens is 3. The number of rotatable bonds is 4. The Morgan fingerprint density at radius 2 is 2.14 bits per heavy atom. The van der Waals surface area contributed by atoms with Crippen molar-refractivity contribution in [1.82, 2.24) is 25.3 Å². The molecule has 1 fully saturated rings. The van der Waals surface area contributed by atoms with Crippen molar-refractivity contribution in [3.63, 3.8) is 0 Å². The molecule has 1 atom stereocenters. The number of nitrogens with one attached hydrogen (secondary N) is 3. The molecular weight excluding hydrogens is 371 g/mol. The summed E-state index contributed by atoms with van der Waals surface area (Å²) in [6.07, 6.45) is 1.28. The molecule has 3 aromatic heterocycles. The lowest BCUT2D eigenvalue weighted by molar-refractivity contribution is -0.137. The maximum atomic E-state index is 13.1. The fraction of sp³-hybridized carbons (Fsp3) is 0.333. The molecule has 0 aliphatic carbocycles. The van der Waals surface area contributed by atoms with Crippen LogP contribution in [0.1, 0.15) is 24.0 Å². The smallest absolute Gasteiger partial charge is 0.353 e. The normalized spacial score (nSPS) is 17.0. The van der Waals surface area contributed by atoms with Gasteiger partial charge in [0.2, 0.25) is 5.95 Å². The third-order valence-electron chi connectivity index (χ3n) is 4.69. The van der Waals surface area contributed by atoms with E-state index in [4.69, 9.17) is 0 Å². The van der Waals surface area contributed by atoms with Crippen LogP contribution in [0, 0.1) is 11.3 Å². The van der Waals surface area contributed by atoms with E-state index >= 15 is 0 Å². The molecule has 4 rings (SSSR count). The molecule has 144 valence electrons. The average Bonchev–Trinajstić information content (AvgIpc) is 3.34. The van der Waals surface area contributed by atoms with Gasteiger partial charge in [0, 0.05) is 35.9 Å². The van der Waals surface area contributed by atoms with Gasteiger partial charge in [0.1, 0.15) is 11.7 Å². The number of fused-ring (bicyclic) bond motifs is 1. The molecule has 7 nitrogen and oxygen atoms in total. The van der Waals surface area contributed by atoms with Gasteiger partial charge in [-0.05, 0) is 25.5 Å².